The van der Waals surface area contributed by atoms with E-state index in [9.17, 15) is 4.79 Å². The van der Waals surface area contributed by atoms with Gasteiger partial charge in [0, 0.05) is 37.7 Å². The second-order valence-electron chi connectivity index (χ2n) is 5.92. The van der Waals surface area contributed by atoms with E-state index >= 15 is 0 Å². The second-order valence-corrected chi connectivity index (χ2v) is 5.92. The van der Waals surface area contributed by atoms with E-state index < -0.39 is 5.56 Å². The molecular formula is C20H22N6O. The summed E-state index contributed by atoms with van der Waals surface area (Å²) in [5.74, 6) is 1.14. The lowest BCUT2D eigenvalue weighted by Crippen LogP contribution is -2.30. The van der Waals surface area contributed by atoms with E-state index in [-0.39, 0.29) is 11.4 Å². The standard InChI is InChI=1S/C20H22N6O/c1-4-13-7-9-15(10-8-13)26-18(14-6-5-11-24-12-14)25-20(27)16(17(21)22-2)19(26)23-3/h5-12,23H,4H2,1-3H3,(H2,21,22). The third kappa shape index (κ3) is 3.44. The van der Waals surface area contributed by atoms with Crippen LogP contribution in [0, 0.1) is 0 Å². The van der Waals surface area contributed by atoms with Gasteiger partial charge in [-0.15, -0.1) is 0 Å². The third-order valence-electron chi connectivity index (χ3n) is 4.35. The van der Waals surface area contributed by atoms with Crippen LogP contribution in [0.5, 0.6) is 0 Å². The number of anilines is 1. The summed E-state index contributed by atoms with van der Waals surface area (Å²) < 4.78 is 1.87. The number of aromatic nitrogens is 3. The first-order valence-electron chi connectivity index (χ1n) is 8.67. The minimum atomic E-state index is -0.442. The zero-order valence-electron chi connectivity index (χ0n) is 15.6. The first-order valence-corrected chi connectivity index (χ1v) is 8.67. The number of nitrogens with two attached hydrogens (primary N) is 1. The molecule has 0 aliphatic heterocycles. The number of hydrogen-bond donors (Lipinski definition) is 2. The first-order chi connectivity index (χ1) is 13.1. The summed E-state index contributed by atoms with van der Waals surface area (Å²) in [5, 5.41) is 3.10. The normalized spacial score (nSPS) is 11.4. The Morgan fingerprint density at radius 1 is 1.26 bits per heavy atom. The van der Waals surface area contributed by atoms with Crippen molar-refractivity contribution >= 4 is 11.7 Å². The van der Waals surface area contributed by atoms with Crippen LogP contribution in [-0.4, -0.2) is 34.5 Å². The van der Waals surface area contributed by atoms with Gasteiger partial charge in [-0.2, -0.15) is 4.98 Å². The Bertz CT molecular complexity index is 1020. The summed E-state index contributed by atoms with van der Waals surface area (Å²) in [5.41, 5.74) is 8.60. The van der Waals surface area contributed by atoms with Crippen molar-refractivity contribution in [3.63, 3.8) is 0 Å². The molecule has 0 bridgehead atoms. The fourth-order valence-corrected chi connectivity index (χ4v) is 2.92. The van der Waals surface area contributed by atoms with Crippen molar-refractivity contribution in [2.45, 2.75) is 13.3 Å². The van der Waals surface area contributed by atoms with Crippen LogP contribution in [0.4, 0.5) is 5.82 Å². The Kier molecular flexibility index (Phi) is 5.30. The van der Waals surface area contributed by atoms with Crippen LogP contribution in [0.15, 0.2) is 58.6 Å². The van der Waals surface area contributed by atoms with Crippen LogP contribution in [0.2, 0.25) is 0 Å². The number of aliphatic imine (C=N–C) groups is 1. The van der Waals surface area contributed by atoms with Crippen LogP contribution < -0.4 is 16.6 Å². The molecule has 27 heavy (non-hydrogen) atoms. The van der Waals surface area contributed by atoms with Gasteiger partial charge in [-0.3, -0.25) is 19.3 Å². The molecule has 0 saturated carbocycles. The molecule has 0 unspecified atom stereocenters. The van der Waals surface area contributed by atoms with Crippen molar-refractivity contribution < 1.29 is 0 Å². The Hall–Kier alpha value is -3.48. The van der Waals surface area contributed by atoms with E-state index in [0.29, 0.717) is 11.6 Å². The monoisotopic (exact) mass is 362 g/mol. The zero-order chi connectivity index (χ0) is 19.4. The summed E-state index contributed by atoms with van der Waals surface area (Å²) in [6, 6.07) is 11.8. The van der Waals surface area contributed by atoms with Gasteiger partial charge >= 0.3 is 0 Å². The van der Waals surface area contributed by atoms with E-state index in [4.69, 9.17) is 5.73 Å². The number of pyridine rings is 1. The minimum Gasteiger partial charge on any atom is -0.383 e. The number of nitrogens with one attached hydrogen (secondary N) is 1. The smallest absolute Gasteiger partial charge is 0.286 e. The van der Waals surface area contributed by atoms with Crippen molar-refractivity contribution in [1.29, 1.82) is 0 Å². The Morgan fingerprint density at radius 3 is 2.56 bits per heavy atom. The maximum Gasteiger partial charge on any atom is 0.286 e. The van der Waals surface area contributed by atoms with Gasteiger partial charge in [0.1, 0.15) is 17.2 Å². The van der Waals surface area contributed by atoms with Crippen molar-refractivity contribution in [2.75, 3.05) is 19.4 Å². The van der Waals surface area contributed by atoms with Crippen molar-refractivity contribution in [2.24, 2.45) is 10.7 Å². The van der Waals surface area contributed by atoms with E-state index in [2.05, 4.69) is 39.3 Å². The lowest BCUT2D eigenvalue weighted by atomic mass is 10.1. The third-order valence-corrected chi connectivity index (χ3v) is 4.35. The van der Waals surface area contributed by atoms with Crippen molar-refractivity contribution in [1.82, 2.24) is 14.5 Å². The van der Waals surface area contributed by atoms with Crippen LogP contribution in [0.1, 0.15) is 18.1 Å². The number of aryl methyl sites for hydroxylation is 1. The second kappa shape index (κ2) is 7.82. The van der Waals surface area contributed by atoms with Crippen LogP contribution in [-0.2, 0) is 6.42 Å². The fraction of sp³-hybridized carbons (Fsp3) is 0.200. The van der Waals surface area contributed by atoms with Gasteiger partial charge in [-0.25, -0.2) is 0 Å². The highest BCUT2D eigenvalue weighted by Gasteiger charge is 2.21. The molecule has 0 saturated heterocycles. The van der Waals surface area contributed by atoms with Gasteiger partial charge < -0.3 is 11.1 Å². The number of hydrogen-bond acceptors (Lipinski definition) is 5. The number of amidine groups is 1. The quantitative estimate of drug-likeness (QED) is 0.536. The molecule has 0 fully saturated rings. The molecule has 0 amide bonds. The summed E-state index contributed by atoms with van der Waals surface area (Å²) >= 11 is 0. The van der Waals surface area contributed by atoms with Gasteiger partial charge in [0.2, 0.25) is 0 Å². The summed E-state index contributed by atoms with van der Waals surface area (Å²) in [6.07, 6.45) is 4.30. The highest BCUT2D eigenvalue weighted by atomic mass is 16.1. The van der Waals surface area contributed by atoms with Gasteiger partial charge in [0.15, 0.2) is 5.82 Å². The van der Waals surface area contributed by atoms with Crippen molar-refractivity contribution in [3.8, 4) is 17.1 Å². The molecule has 2 aromatic heterocycles. The number of nitrogens with zero attached hydrogens (tertiary/aromatic N) is 4. The molecule has 3 aromatic rings. The minimum absolute atomic E-state index is 0.133. The van der Waals surface area contributed by atoms with Gasteiger partial charge in [0.05, 0.1) is 0 Å². The molecule has 0 atom stereocenters. The van der Waals surface area contributed by atoms with E-state index in [1.54, 1.807) is 32.6 Å². The van der Waals surface area contributed by atoms with Crippen LogP contribution in [0.25, 0.3) is 17.1 Å². The van der Waals surface area contributed by atoms with E-state index in [0.717, 1.165) is 17.7 Å². The van der Waals surface area contributed by atoms with Gasteiger partial charge in [0.25, 0.3) is 5.56 Å². The molecule has 3 rings (SSSR count). The summed E-state index contributed by atoms with van der Waals surface area (Å²) in [7, 11) is 3.29. The molecule has 138 valence electrons. The molecule has 0 spiro atoms. The maximum atomic E-state index is 12.7. The molecule has 7 heteroatoms. The van der Waals surface area contributed by atoms with Gasteiger partial charge in [-0.1, -0.05) is 19.1 Å². The lowest BCUT2D eigenvalue weighted by Gasteiger charge is -2.20. The highest BCUT2D eigenvalue weighted by Crippen LogP contribution is 2.26. The van der Waals surface area contributed by atoms with Crippen molar-refractivity contribution in [3.05, 3.63) is 70.3 Å². The molecule has 0 aliphatic rings. The zero-order valence-corrected chi connectivity index (χ0v) is 15.6. The number of benzene rings is 1. The van der Waals surface area contributed by atoms with Crippen LogP contribution >= 0.6 is 0 Å². The summed E-state index contributed by atoms with van der Waals surface area (Å²) in [4.78, 5) is 25.2. The van der Waals surface area contributed by atoms with Gasteiger partial charge in [-0.05, 0) is 36.2 Å². The predicted molar refractivity (Wildman–Crippen MR) is 109 cm³/mol. The Morgan fingerprint density at radius 2 is 2.00 bits per heavy atom. The molecule has 2 heterocycles. The largest absolute Gasteiger partial charge is 0.383 e. The van der Waals surface area contributed by atoms with Crippen LogP contribution in [0.3, 0.4) is 0 Å². The number of rotatable bonds is 5. The first kappa shape index (κ1) is 18.3. The average Bonchev–Trinajstić information content (AvgIpc) is 2.73. The van der Waals surface area contributed by atoms with E-state index in [1.165, 1.54) is 5.56 Å². The Balaban J connectivity index is 2.40. The Labute approximate surface area is 157 Å². The molecule has 7 nitrogen and oxygen atoms in total. The topological polar surface area (TPSA) is 98.2 Å². The molecule has 0 radical (unpaired) electrons. The molecule has 1 aromatic carbocycles. The highest BCUT2D eigenvalue weighted by molar-refractivity contribution is 6.01. The molecular weight excluding hydrogens is 340 g/mol. The van der Waals surface area contributed by atoms with E-state index in [1.807, 2.05) is 22.8 Å². The fourth-order valence-electron chi connectivity index (χ4n) is 2.92. The predicted octanol–water partition coefficient (Wildman–Crippen LogP) is 2.23. The maximum absolute atomic E-state index is 12.7. The average molecular weight is 362 g/mol. The molecule has 3 N–H and O–H groups in total. The molecule has 0 aliphatic carbocycles. The summed E-state index contributed by atoms with van der Waals surface area (Å²) in [6.45, 7) is 2.10. The lowest BCUT2D eigenvalue weighted by molar-refractivity contribution is 0.967. The SMILES string of the molecule is CCc1ccc(-n2c(-c3cccnc3)nc(=O)c(C(N)=NC)c2NC)cc1.